The summed E-state index contributed by atoms with van der Waals surface area (Å²) in [6.45, 7) is 2.62. The zero-order valence-corrected chi connectivity index (χ0v) is 13.7. The topological polar surface area (TPSA) is 69.2 Å². The van der Waals surface area contributed by atoms with Crippen LogP contribution in [0.2, 0.25) is 5.02 Å². The van der Waals surface area contributed by atoms with Crippen LogP contribution in [0.4, 0.5) is 0 Å². The van der Waals surface area contributed by atoms with Gasteiger partial charge in [-0.1, -0.05) is 11.6 Å². The second-order valence-electron chi connectivity index (χ2n) is 4.89. The third-order valence-electron chi connectivity index (χ3n) is 3.26. The van der Waals surface area contributed by atoms with Gasteiger partial charge in [0.15, 0.2) is 11.5 Å². The lowest BCUT2D eigenvalue weighted by Crippen LogP contribution is -2.17. The molecule has 1 aliphatic heterocycles. The summed E-state index contributed by atoms with van der Waals surface area (Å²) in [5, 5.41) is 4.37. The monoisotopic (exact) mass is 346 g/mol. The van der Waals surface area contributed by atoms with Gasteiger partial charge in [-0.15, -0.1) is 0 Å². The summed E-state index contributed by atoms with van der Waals surface area (Å²) in [5.41, 5.74) is 3.64. The van der Waals surface area contributed by atoms with Gasteiger partial charge in [0.2, 0.25) is 6.79 Å². The van der Waals surface area contributed by atoms with E-state index in [-0.39, 0.29) is 12.7 Å². The first-order chi connectivity index (χ1) is 11.7. The number of nitrogens with one attached hydrogen (secondary N) is 1. The molecule has 0 fully saturated rings. The van der Waals surface area contributed by atoms with Crippen molar-refractivity contribution in [3.8, 4) is 17.2 Å². The Morgan fingerprint density at radius 2 is 2.12 bits per heavy atom. The molecule has 124 valence electrons. The van der Waals surface area contributed by atoms with Gasteiger partial charge in [0.05, 0.1) is 17.8 Å². The quantitative estimate of drug-likeness (QED) is 0.666. The van der Waals surface area contributed by atoms with Gasteiger partial charge in [0.25, 0.3) is 5.91 Å². The molecule has 0 unspecified atom stereocenters. The molecule has 1 amide bonds. The number of amides is 1. The highest BCUT2D eigenvalue weighted by Crippen LogP contribution is 2.39. The number of ether oxygens (including phenoxy) is 3. The van der Waals surface area contributed by atoms with E-state index in [1.807, 2.05) is 6.92 Å². The minimum Gasteiger partial charge on any atom is -0.494 e. The third kappa shape index (κ3) is 3.60. The van der Waals surface area contributed by atoms with Crippen molar-refractivity contribution in [1.82, 2.24) is 5.43 Å². The van der Waals surface area contributed by atoms with Crippen LogP contribution in [0.15, 0.2) is 41.5 Å². The molecule has 0 aliphatic carbocycles. The Labute approximate surface area is 144 Å². The molecule has 0 atom stereocenters. The molecule has 0 bridgehead atoms. The van der Waals surface area contributed by atoms with E-state index in [1.165, 1.54) is 6.21 Å². The predicted molar refractivity (Wildman–Crippen MR) is 90.2 cm³/mol. The lowest BCUT2D eigenvalue weighted by molar-refractivity contribution is 0.0955. The number of fused-ring (bicyclic) bond motifs is 1. The summed E-state index contributed by atoms with van der Waals surface area (Å²) < 4.78 is 15.8. The van der Waals surface area contributed by atoms with Gasteiger partial charge in [-0.2, -0.15) is 5.10 Å². The summed E-state index contributed by atoms with van der Waals surface area (Å²) in [5.74, 6) is 1.47. The Morgan fingerprint density at radius 3 is 2.88 bits per heavy atom. The molecule has 0 aromatic heterocycles. The van der Waals surface area contributed by atoms with Crippen molar-refractivity contribution in [2.24, 2.45) is 5.10 Å². The molecule has 0 radical (unpaired) electrons. The molecule has 7 heteroatoms. The Kier molecular flexibility index (Phi) is 4.86. The Balaban J connectivity index is 1.63. The highest BCUT2D eigenvalue weighted by atomic mass is 35.5. The van der Waals surface area contributed by atoms with E-state index >= 15 is 0 Å². The highest BCUT2D eigenvalue weighted by Gasteiger charge is 2.17. The first-order valence-corrected chi connectivity index (χ1v) is 7.70. The normalized spacial score (nSPS) is 12.4. The minimum atomic E-state index is -0.318. The predicted octanol–water partition coefficient (Wildman–Crippen LogP) is 3.23. The van der Waals surface area contributed by atoms with E-state index in [2.05, 4.69) is 10.5 Å². The largest absolute Gasteiger partial charge is 0.494 e. The highest BCUT2D eigenvalue weighted by molar-refractivity contribution is 6.32. The van der Waals surface area contributed by atoms with Crippen LogP contribution >= 0.6 is 11.6 Å². The number of carbonyl (C=O) groups is 1. The number of hydrazone groups is 1. The third-order valence-corrected chi connectivity index (χ3v) is 3.54. The van der Waals surface area contributed by atoms with E-state index < -0.39 is 0 Å². The van der Waals surface area contributed by atoms with Crippen molar-refractivity contribution in [1.29, 1.82) is 0 Å². The van der Waals surface area contributed by atoms with Gasteiger partial charge in [0.1, 0.15) is 5.75 Å². The van der Waals surface area contributed by atoms with E-state index in [0.717, 1.165) is 0 Å². The number of rotatable bonds is 5. The number of carbonyl (C=O) groups excluding carboxylic acids is 1. The molecule has 1 heterocycles. The Hall–Kier alpha value is -2.73. The van der Waals surface area contributed by atoms with Crippen LogP contribution in [0.3, 0.4) is 0 Å². The molecule has 1 N–H and O–H groups in total. The fourth-order valence-corrected chi connectivity index (χ4v) is 2.43. The SMILES string of the molecule is CCOc1ccc(C(=O)N/N=C\c2cc(Cl)c3c(c2)OCO3)cc1. The van der Waals surface area contributed by atoms with Crippen LogP contribution in [0, 0.1) is 0 Å². The molecule has 0 spiro atoms. The van der Waals surface area contributed by atoms with Crippen molar-refractivity contribution < 1.29 is 19.0 Å². The van der Waals surface area contributed by atoms with Crippen LogP contribution in [0.1, 0.15) is 22.8 Å². The fraction of sp³-hybridized carbons (Fsp3) is 0.176. The first-order valence-electron chi connectivity index (χ1n) is 7.33. The maximum Gasteiger partial charge on any atom is 0.271 e. The van der Waals surface area contributed by atoms with Crippen LogP contribution in [0.5, 0.6) is 17.2 Å². The van der Waals surface area contributed by atoms with Crippen LogP contribution in [-0.2, 0) is 0 Å². The summed E-state index contributed by atoms with van der Waals surface area (Å²) in [6.07, 6.45) is 1.49. The van der Waals surface area contributed by atoms with Gasteiger partial charge in [0, 0.05) is 5.56 Å². The number of halogens is 1. The molecule has 24 heavy (non-hydrogen) atoms. The molecule has 1 aliphatic rings. The minimum absolute atomic E-state index is 0.143. The maximum absolute atomic E-state index is 12.0. The van der Waals surface area contributed by atoms with Gasteiger partial charge < -0.3 is 14.2 Å². The molecule has 2 aromatic rings. The second kappa shape index (κ2) is 7.23. The number of benzene rings is 2. The van der Waals surface area contributed by atoms with Gasteiger partial charge in [-0.3, -0.25) is 4.79 Å². The second-order valence-corrected chi connectivity index (χ2v) is 5.30. The Morgan fingerprint density at radius 1 is 1.33 bits per heavy atom. The van der Waals surface area contributed by atoms with Crippen LogP contribution in [0.25, 0.3) is 0 Å². The van der Waals surface area contributed by atoms with Crippen molar-refractivity contribution >= 4 is 23.7 Å². The van der Waals surface area contributed by atoms with Crippen molar-refractivity contribution in [2.75, 3.05) is 13.4 Å². The van der Waals surface area contributed by atoms with Gasteiger partial charge in [-0.25, -0.2) is 5.43 Å². The number of hydrogen-bond acceptors (Lipinski definition) is 5. The van der Waals surface area contributed by atoms with Gasteiger partial charge >= 0.3 is 0 Å². The average molecular weight is 347 g/mol. The van der Waals surface area contributed by atoms with Gasteiger partial charge in [-0.05, 0) is 48.9 Å². The van der Waals surface area contributed by atoms with Crippen molar-refractivity contribution in [2.45, 2.75) is 6.92 Å². The average Bonchev–Trinajstić information content (AvgIpc) is 3.05. The van der Waals surface area contributed by atoms with E-state index in [0.29, 0.717) is 40.0 Å². The van der Waals surface area contributed by atoms with Crippen molar-refractivity contribution in [3.05, 3.63) is 52.5 Å². The molecule has 0 saturated heterocycles. The summed E-state index contributed by atoms with van der Waals surface area (Å²) in [4.78, 5) is 12.0. The standard InChI is InChI=1S/C17H15ClN2O4/c1-2-22-13-5-3-12(4-6-13)17(21)20-19-9-11-7-14(18)16-15(8-11)23-10-24-16/h3-9H,2,10H2,1H3,(H,20,21)/b19-9-. The summed E-state index contributed by atoms with van der Waals surface area (Å²) in [6, 6.07) is 10.2. The van der Waals surface area contributed by atoms with Crippen molar-refractivity contribution in [3.63, 3.8) is 0 Å². The maximum atomic E-state index is 12.0. The molecule has 2 aromatic carbocycles. The zero-order valence-electron chi connectivity index (χ0n) is 12.9. The van der Waals surface area contributed by atoms with E-state index in [1.54, 1.807) is 36.4 Å². The lowest BCUT2D eigenvalue weighted by Gasteiger charge is -2.04. The first kappa shape index (κ1) is 16.1. The van der Waals surface area contributed by atoms with E-state index in [4.69, 9.17) is 25.8 Å². The summed E-state index contributed by atoms with van der Waals surface area (Å²) in [7, 11) is 0. The lowest BCUT2D eigenvalue weighted by atomic mass is 10.2. The summed E-state index contributed by atoms with van der Waals surface area (Å²) >= 11 is 6.09. The Bertz CT molecular complexity index is 775. The van der Waals surface area contributed by atoms with Crippen LogP contribution in [-0.4, -0.2) is 25.5 Å². The zero-order chi connectivity index (χ0) is 16.9. The van der Waals surface area contributed by atoms with Crippen LogP contribution < -0.4 is 19.6 Å². The fourth-order valence-electron chi connectivity index (χ4n) is 2.16. The smallest absolute Gasteiger partial charge is 0.271 e. The number of nitrogens with zero attached hydrogens (tertiary/aromatic N) is 1. The number of hydrogen-bond donors (Lipinski definition) is 1. The molecular weight excluding hydrogens is 332 g/mol. The molecule has 3 rings (SSSR count). The molecule has 0 saturated carbocycles. The van der Waals surface area contributed by atoms with E-state index in [9.17, 15) is 4.79 Å². The molecular formula is C17H15ClN2O4. The molecule has 6 nitrogen and oxygen atoms in total.